The van der Waals surface area contributed by atoms with Crippen LogP contribution < -0.4 is 10.6 Å². The standard InChI is InChI=1S/C12H18N4OS/c1-8-6-16(7-9(2)18-8)11-5-3-4-10(14-11)12(13)15-17/h3-5,8-9,17H,6-7H2,1-2H3,(H2,13,15). The zero-order valence-corrected chi connectivity index (χ0v) is 11.4. The predicted octanol–water partition coefficient (Wildman–Crippen LogP) is 1.51. The van der Waals surface area contributed by atoms with E-state index in [4.69, 9.17) is 10.9 Å². The van der Waals surface area contributed by atoms with Gasteiger partial charge in [0, 0.05) is 23.6 Å². The zero-order valence-electron chi connectivity index (χ0n) is 10.6. The van der Waals surface area contributed by atoms with Gasteiger partial charge in [0.05, 0.1) is 0 Å². The number of aromatic nitrogens is 1. The molecule has 0 spiro atoms. The first-order valence-electron chi connectivity index (χ1n) is 5.95. The van der Waals surface area contributed by atoms with Crippen LogP contribution in [0.25, 0.3) is 0 Å². The molecule has 1 fully saturated rings. The fourth-order valence-corrected chi connectivity index (χ4v) is 3.48. The molecule has 0 amide bonds. The molecule has 5 nitrogen and oxygen atoms in total. The van der Waals surface area contributed by atoms with Crippen molar-refractivity contribution in [3.8, 4) is 0 Å². The van der Waals surface area contributed by atoms with E-state index in [9.17, 15) is 0 Å². The molecule has 1 saturated heterocycles. The van der Waals surface area contributed by atoms with Crippen LogP contribution in [-0.4, -0.2) is 39.6 Å². The van der Waals surface area contributed by atoms with E-state index < -0.39 is 0 Å². The van der Waals surface area contributed by atoms with Crippen LogP contribution in [-0.2, 0) is 0 Å². The lowest BCUT2D eigenvalue weighted by atomic mass is 10.3. The highest BCUT2D eigenvalue weighted by Crippen LogP contribution is 2.27. The molecule has 1 aliphatic heterocycles. The van der Waals surface area contributed by atoms with Crippen LogP contribution in [0.15, 0.2) is 23.4 Å². The van der Waals surface area contributed by atoms with Gasteiger partial charge in [-0.3, -0.25) is 0 Å². The summed E-state index contributed by atoms with van der Waals surface area (Å²) in [7, 11) is 0. The maximum absolute atomic E-state index is 8.68. The van der Waals surface area contributed by atoms with Gasteiger partial charge in [-0.2, -0.15) is 11.8 Å². The molecule has 98 valence electrons. The molecule has 6 heteroatoms. The molecule has 1 aliphatic rings. The number of hydrogen-bond donors (Lipinski definition) is 2. The number of anilines is 1. The largest absolute Gasteiger partial charge is 0.409 e. The Morgan fingerprint density at radius 1 is 1.44 bits per heavy atom. The van der Waals surface area contributed by atoms with Crippen LogP contribution in [0.1, 0.15) is 19.5 Å². The third-order valence-electron chi connectivity index (χ3n) is 2.85. The molecule has 0 saturated carbocycles. The maximum Gasteiger partial charge on any atom is 0.188 e. The number of hydrogen-bond acceptors (Lipinski definition) is 5. The number of rotatable bonds is 2. The van der Waals surface area contributed by atoms with E-state index >= 15 is 0 Å². The summed E-state index contributed by atoms with van der Waals surface area (Å²) in [4.78, 5) is 6.69. The van der Waals surface area contributed by atoms with Gasteiger partial charge in [0.15, 0.2) is 5.84 Å². The van der Waals surface area contributed by atoms with Crippen molar-refractivity contribution in [1.82, 2.24) is 4.98 Å². The van der Waals surface area contributed by atoms with E-state index in [1.54, 1.807) is 6.07 Å². The Bertz CT molecular complexity index is 441. The first-order chi connectivity index (χ1) is 8.60. The Morgan fingerprint density at radius 2 is 2.11 bits per heavy atom. The summed E-state index contributed by atoms with van der Waals surface area (Å²) < 4.78 is 0. The SMILES string of the molecule is CC1CN(c2cccc(C(N)=NO)n2)CC(C)S1. The highest BCUT2D eigenvalue weighted by atomic mass is 32.2. The highest BCUT2D eigenvalue weighted by molar-refractivity contribution is 8.00. The molecule has 0 aromatic carbocycles. The molecule has 1 aromatic rings. The van der Waals surface area contributed by atoms with Gasteiger partial charge in [-0.05, 0) is 12.1 Å². The summed E-state index contributed by atoms with van der Waals surface area (Å²) in [6, 6.07) is 5.58. The zero-order chi connectivity index (χ0) is 13.1. The van der Waals surface area contributed by atoms with Crippen molar-refractivity contribution in [1.29, 1.82) is 0 Å². The van der Waals surface area contributed by atoms with Crippen LogP contribution >= 0.6 is 11.8 Å². The lowest BCUT2D eigenvalue weighted by Crippen LogP contribution is -2.41. The molecule has 18 heavy (non-hydrogen) atoms. The Kier molecular flexibility index (Phi) is 3.96. The first kappa shape index (κ1) is 13.0. The van der Waals surface area contributed by atoms with Crippen molar-refractivity contribution in [3.63, 3.8) is 0 Å². The number of amidine groups is 1. The van der Waals surface area contributed by atoms with Gasteiger partial charge in [-0.15, -0.1) is 0 Å². The van der Waals surface area contributed by atoms with Crippen molar-refractivity contribution < 1.29 is 5.21 Å². The summed E-state index contributed by atoms with van der Waals surface area (Å²) in [6.07, 6.45) is 0. The van der Waals surface area contributed by atoms with E-state index in [1.807, 2.05) is 23.9 Å². The molecule has 0 aliphatic carbocycles. The smallest absolute Gasteiger partial charge is 0.188 e. The van der Waals surface area contributed by atoms with Gasteiger partial charge in [0.1, 0.15) is 11.5 Å². The first-order valence-corrected chi connectivity index (χ1v) is 6.89. The van der Waals surface area contributed by atoms with Crippen molar-refractivity contribution in [2.75, 3.05) is 18.0 Å². The van der Waals surface area contributed by atoms with Crippen LogP contribution in [0, 0.1) is 0 Å². The second-order valence-corrected chi connectivity index (χ2v) is 6.41. The lowest BCUT2D eigenvalue weighted by Gasteiger charge is -2.35. The van der Waals surface area contributed by atoms with Crippen molar-refractivity contribution >= 4 is 23.4 Å². The minimum atomic E-state index is 0.0457. The van der Waals surface area contributed by atoms with Gasteiger partial charge >= 0.3 is 0 Å². The molecule has 2 unspecified atom stereocenters. The number of oxime groups is 1. The normalized spacial score (nSPS) is 25.2. The molecular formula is C12H18N4OS. The summed E-state index contributed by atoms with van der Waals surface area (Å²) in [5.41, 5.74) is 6.07. The van der Waals surface area contributed by atoms with Crippen LogP contribution in [0.3, 0.4) is 0 Å². The van der Waals surface area contributed by atoms with E-state index in [1.165, 1.54) is 0 Å². The lowest BCUT2D eigenvalue weighted by molar-refractivity contribution is 0.318. The van der Waals surface area contributed by atoms with Crippen molar-refractivity contribution in [2.24, 2.45) is 10.9 Å². The molecule has 1 aromatic heterocycles. The summed E-state index contributed by atoms with van der Waals surface area (Å²) >= 11 is 2.00. The van der Waals surface area contributed by atoms with Crippen LogP contribution in [0.5, 0.6) is 0 Å². The minimum absolute atomic E-state index is 0.0457. The molecule has 2 atom stereocenters. The van der Waals surface area contributed by atoms with Crippen LogP contribution in [0.4, 0.5) is 5.82 Å². The average molecular weight is 266 g/mol. The van der Waals surface area contributed by atoms with Gasteiger partial charge in [0.25, 0.3) is 0 Å². The number of thioether (sulfide) groups is 1. The Balaban J connectivity index is 2.22. The number of pyridine rings is 1. The minimum Gasteiger partial charge on any atom is -0.409 e. The molecular weight excluding hydrogens is 248 g/mol. The fourth-order valence-electron chi connectivity index (χ4n) is 2.16. The van der Waals surface area contributed by atoms with Crippen LogP contribution in [0.2, 0.25) is 0 Å². The van der Waals surface area contributed by atoms with E-state index in [2.05, 4.69) is 28.9 Å². The van der Waals surface area contributed by atoms with Crippen molar-refractivity contribution in [3.05, 3.63) is 23.9 Å². The number of nitrogens with zero attached hydrogens (tertiary/aromatic N) is 3. The Hall–Kier alpha value is -1.43. The molecule has 0 radical (unpaired) electrons. The number of nitrogens with two attached hydrogens (primary N) is 1. The molecule has 2 rings (SSSR count). The average Bonchev–Trinajstić information content (AvgIpc) is 2.37. The third-order valence-corrected chi connectivity index (χ3v) is 4.08. The van der Waals surface area contributed by atoms with Gasteiger partial charge in [0.2, 0.25) is 0 Å². The topological polar surface area (TPSA) is 74.7 Å². The van der Waals surface area contributed by atoms with E-state index in [0.29, 0.717) is 16.2 Å². The second-order valence-electron chi connectivity index (χ2n) is 4.53. The summed E-state index contributed by atoms with van der Waals surface area (Å²) in [6.45, 7) is 6.39. The van der Waals surface area contributed by atoms with Gasteiger partial charge < -0.3 is 15.8 Å². The molecule has 3 N–H and O–H groups in total. The Labute approximate surface area is 111 Å². The predicted molar refractivity (Wildman–Crippen MR) is 75.5 cm³/mol. The Morgan fingerprint density at radius 3 is 2.72 bits per heavy atom. The van der Waals surface area contributed by atoms with Crippen molar-refractivity contribution in [2.45, 2.75) is 24.3 Å². The highest BCUT2D eigenvalue weighted by Gasteiger charge is 2.23. The molecule has 2 heterocycles. The summed E-state index contributed by atoms with van der Waals surface area (Å²) in [5.74, 6) is 0.933. The maximum atomic E-state index is 8.68. The van der Waals surface area contributed by atoms with E-state index in [0.717, 1.165) is 18.9 Å². The fraction of sp³-hybridized carbons (Fsp3) is 0.500. The monoisotopic (exact) mass is 266 g/mol. The molecule has 0 bridgehead atoms. The second kappa shape index (κ2) is 5.48. The summed E-state index contributed by atoms with van der Waals surface area (Å²) in [5, 5.41) is 12.8. The van der Waals surface area contributed by atoms with E-state index in [-0.39, 0.29) is 5.84 Å². The third kappa shape index (κ3) is 2.87. The quantitative estimate of drug-likeness (QED) is 0.367. The van der Waals surface area contributed by atoms with Gasteiger partial charge in [-0.1, -0.05) is 25.1 Å². The van der Waals surface area contributed by atoms with Gasteiger partial charge in [-0.25, -0.2) is 4.98 Å².